The first-order valence-corrected chi connectivity index (χ1v) is 7.57. The molecule has 6 nitrogen and oxygen atoms in total. The van der Waals surface area contributed by atoms with Gasteiger partial charge in [0.25, 0.3) is 0 Å². The first kappa shape index (κ1) is 15.6. The van der Waals surface area contributed by atoms with Crippen LogP contribution in [0.2, 0.25) is 0 Å². The summed E-state index contributed by atoms with van der Waals surface area (Å²) in [6.07, 6.45) is 2.63. The first-order chi connectivity index (χ1) is 11.1. The Kier molecular flexibility index (Phi) is 4.38. The standard InChI is InChI=1S/C16H19FN4O2/c1-21-11-19-14(20-21)10-18-15(22)16(5-7-23-8-6-16)12-3-2-4-13(17)9-12/h2-4,9,11H,5-8,10H2,1H3,(H,18,22). The molecule has 0 radical (unpaired) electrons. The third-order valence-corrected chi connectivity index (χ3v) is 4.21. The summed E-state index contributed by atoms with van der Waals surface area (Å²) in [7, 11) is 1.77. The summed E-state index contributed by atoms with van der Waals surface area (Å²) in [4.78, 5) is 17.0. The zero-order valence-corrected chi connectivity index (χ0v) is 13.0. The molecule has 7 heteroatoms. The second kappa shape index (κ2) is 6.45. The van der Waals surface area contributed by atoms with Crippen molar-refractivity contribution in [1.82, 2.24) is 20.1 Å². The number of carbonyl (C=O) groups is 1. The average Bonchev–Trinajstić information content (AvgIpc) is 2.98. The van der Waals surface area contributed by atoms with Crippen LogP contribution >= 0.6 is 0 Å². The van der Waals surface area contributed by atoms with Crippen LogP contribution in [-0.2, 0) is 28.5 Å². The molecule has 0 aliphatic carbocycles. The van der Waals surface area contributed by atoms with Crippen molar-refractivity contribution < 1.29 is 13.9 Å². The lowest BCUT2D eigenvalue weighted by atomic mass is 9.73. The van der Waals surface area contributed by atoms with E-state index in [4.69, 9.17) is 4.74 Å². The van der Waals surface area contributed by atoms with Gasteiger partial charge in [-0.2, -0.15) is 5.10 Å². The van der Waals surface area contributed by atoms with Crippen molar-refractivity contribution in [2.45, 2.75) is 24.8 Å². The summed E-state index contributed by atoms with van der Waals surface area (Å²) >= 11 is 0. The summed E-state index contributed by atoms with van der Waals surface area (Å²) in [5.41, 5.74) is -0.0814. The van der Waals surface area contributed by atoms with Gasteiger partial charge in [0.15, 0.2) is 5.82 Å². The van der Waals surface area contributed by atoms with E-state index < -0.39 is 5.41 Å². The van der Waals surface area contributed by atoms with Gasteiger partial charge in [0, 0.05) is 20.3 Å². The lowest BCUT2D eigenvalue weighted by Gasteiger charge is -2.36. The number of aryl methyl sites for hydroxylation is 1. The van der Waals surface area contributed by atoms with Crippen molar-refractivity contribution in [3.8, 4) is 0 Å². The first-order valence-electron chi connectivity index (χ1n) is 7.57. The Labute approximate surface area is 133 Å². The van der Waals surface area contributed by atoms with E-state index in [-0.39, 0.29) is 18.3 Å². The van der Waals surface area contributed by atoms with Crippen molar-refractivity contribution in [2.24, 2.45) is 7.05 Å². The Hall–Kier alpha value is -2.28. The van der Waals surface area contributed by atoms with E-state index in [1.165, 1.54) is 12.1 Å². The number of rotatable bonds is 4. The molecule has 1 saturated heterocycles. The van der Waals surface area contributed by atoms with E-state index in [9.17, 15) is 9.18 Å². The van der Waals surface area contributed by atoms with Crippen LogP contribution in [0.5, 0.6) is 0 Å². The van der Waals surface area contributed by atoms with Gasteiger partial charge < -0.3 is 10.1 Å². The maximum Gasteiger partial charge on any atom is 0.231 e. The molecule has 2 heterocycles. The minimum atomic E-state index is -0.769. The van der Waals surface area contributed by atoms with Gasteiger partial charge in [0.1, 0.15) is 12.1 Å². The minimum absolute atomic E-state index is 0.140. The molecule has 2 aromatic rings. The summed E-state index contributed by atoms with van der Waals surface area (Å²) in [6.45, 7) is 1.20. The van der Waals surface area contributed by atoms with Crippen molar-refractivity contribution in [2.75, 3.05) is 13.2 Å². The SMILES string of the molecule is Cn1cnc(CNC(=O)C2(c3cccc(F)c3)CCOCC2)n1. The highest BCUT2D eigenvalue weighted by Crippen LogP contribution is 2.35. The summed E-state index contributed by atoms with van der Waals surface area (Å²) < 4.78 is 20.6. The number of nitrogens with zero attached hydrogens (tertiary/aromatic N) is 3. The van der Waals surface area contributed by atoms with Crippen molar-refractivity contribution in [3.63, 3.8) is 0 Å². The summed E-state index contributed by atoms with van der Waals surface area (Å²) in [6, 6.07) is 6.25. The van der Waals surface area contributed by atoms with Crippen LogP contribution < -0.4 is 5.32 Å². The second-order valence-electron chi connectivity index (χ2n) is 5.72. The second-order valence-corrected chi connectivity index (χ2v) is 5.72. The maximum atomic E-state index is 13.6. The molecule has 1 aliphatic rings. The molecule has 122 valence electrons. The number of hydrogen-bond donors (Lipinski definition) is 1. The van der Waals surface area contributed by atoms with Crippen LogP contribution in [0.4, 0.5) is 4.39 Å². The topological polar surface area (TPSA) is 69.0 Å². The minimum Gasteiger partial charge on any atom is -0.381 e. The predicted molar refractivity (Wildman–Crippen MR) is 81.0 cm³/mol. The monoisotopic (exact) mass is 318 g/mol. The van der Waals surface area contributed by atoms with Gasteiger partial charge in [-0.15, -0.1) is 0 Å². The number of nitrogens with one attached hydrogen (secondary N) is 1. The molecule has 23 heavy (non-hydrogen) atoms. The molecule has 1 aromatic heterocycles. The molecule has 0 bridgehead atoms. The molecule has 1 fully saturated rings. The van der Waals surface area contributed by atoms with Crippen LogP contribution in [0.1, 0.15) is 24.2 Å². The molecule has 0 atom stereocenters. The fraction of sp³-hybridized carbons (Fsp3) is 0.438. The molecule has 1 N–H and O–H groups in total. The van der Waals surface area contributed by atoms with Gasteiger partial charge in [-0.25, -0.2) is 9.37 Å². The van der Waals surface area contributed by atoms with E-state index in [1.54, 1.807) is 30.2 Å². The quantitative estimate of drug-likeness (QED) is 0.923. The normalized spacial score (nSPS) is 17.0. The largest absolute Gasteiger partial charge is 0.381 e. The molecular formula is C16H19FN4O2. The van der Waals surface area contributed by atoms with Gasteiger partial charge in [0.05, 0.1) is 12.0 Å². The predicted octanol–water partition coefficient (Wildman–Crippen LogP) is 1.32. The van der Waals surface area contributed by atoms with Crippen LogP contribution in [0.3, 0.4) is 0 Å². The zero-order valence-electron chi connectivity index (χ0n) is 13.0. The van der Waals surface area contributed by atoms with Crippen LogP contribution in [0.25, 0.3) is 0 Å². The van der Waals surface area contributed by atoms with Crippen molar-refractivity contribution in [1.29, 1.82) is 0 Å². The highest BCUT2D eigenvalue weighted by molar-refractivity contribution is 5.88. The van der Waals surface area contributed by atoms with Gasteiger partial charge in [-0.05, 0) is 30.5 Å². The lowest BCUT2D eigenvalue weighted by Crippen LogP contribution is -2.48. The van der Waals surface area contributed by atoms with Crippen LogP contribution in [-0.4, -0.2) is 33.9 Å². The van der Waals surface area contributed by atoms with Gasteiger partial charge in [-0.3, -0.25) is 9.48 Å². The molecular weight excluding hydrogens is 299 g/mol. The van der Waals surface area contributed by atoms with E-state index in [0.29, 0.717) is 37.4 Å². The van der Waals surface area contributed by atoms with Crippen LogP contribution in [0, 0.1) is 5.82 Å². The third-order valence-electron chi connectivity index (χ3n) is 4.21. The summed E-state index contributed by atoms with van der Waals surface area (Å²) in [5, 5.41) is 7.03. The third kappa shape index (κ3) is 3.24. The molecule has 1 aromatic carbocycles. The fourth-order valence-corrected chi connectivity index (χ4v) is 2.95. The molecule has 1 amide bonds. The molecule has 1 aliphatic heterocycles. The smallest absolute Gasteiger partial charge is 0.231 e. The number of carbonyl (C=O) groups excluding carboxylic acids is 1. The average molecular weight is 318 g/mol. The number of aromatic nitrogens is 3. The Morgan fingerprint density at radius 1 is 1.43 bits per heavy atom. The van der Waals surface area contributed by atoms with E-state index in [0.717, 1.165) is 0 Å². The molecule has 3 rings (SSSR count). The van der Waals surface area contributed by atoms with Crippen molar-refractivity contribution >= 4 is 5.91 Å². The van der Waals surface area contributed by atoms with E-state index >= 15 is 0 Å². The van der Waals surface area contributed by atoms with E-state index in [1.807, 2.05) is 0 Å². The maximum absolute atomic E-state index is 13.6. The lowest BCUT2D eigenvalue weighted by molar-refractivity contribution is -0.130. The van der Waals surface area contributed by atoms with E-state index in [2.05, 4.69) is 15.4 Å². The molecule has 0 unspecified atom stereocenters. The Morgan fingerprint density at radius 3 is 2.87 bits per heavy atom. The summed E-state index contributed by atoms with van der Waals surface area (Å²) in [5.74, 6) is 0.0636. The number of benzene rings is 1. The van der Waals surface area contributed by atoms with Gasteiger partial charge in [-0.1, -0.05) is 12.1 Å². The Balaban J connectivity index is 1.82. The Bertz CT molecular complexity index is 695. The number of ether oxygens (including phenoxy) is 1. The number of amides is 1. The highest BCUT2D eigenvalue weighted by atomic mass is 19.1. The zero-order chi connectivity index (χ0) is 16.3. The Morgan fingerprint density at radius 2 is 2.22 bits per heavy atom. The van der Waals surface area contributed by atoms with Gasteiger partial charge >= 0.3 is 0 Å². The van der Waals surface area contributed by atoms with Gasteiger partial charge in [0.2, 0.25) is 5.91 Å². The molecule has 0 saturated carbocycles. The number of halogens is 1. The molecule has 0 spiro atoms. The fourth-order valence-electron chi connectivity index (χ4n) is 2.95. The van der Waals surface area contributed by atoms with Crippen molar-refractivity contribution in [3.05, 3.63) is 47.8 Å². The van der Waals surface area contributed by atoms with Crippen LogP contribution in [0.15, 0.2) is 30.6 Å². The number of hydrogen-bond acceptors (Lipinski definition) is 4. The highest BCUT2D eigenvalue weighted by Gasteiger charge is 2.41.